The van der Waals surface area contributed by atoms with Gasteiger partial charge < -0.3 is 20.5 Å². The van der Waals surface area contributed by atoms with Crippen LogP contribution >= 0.6 is 12.2 Å². The Morgan fingerprint density at radius 1 is 1.45 bits per heavy atom. The Morgan fingerprint density at radius 3 is 2.75 bits per heavy atom. The van der Waals surface area contributed by atoms with Crippen molar-refractivity contribution >= 4 is 28.8 Å². The van der Waals surface area contributed by atoms with Gasteiger partial charge in [0.2, 0.25) is 5.91 Å². The van der Waals surface area contributed by atoms with Crippen LogP contribution in [0.5, 0.6) is 5.75 Å². The second-order valence-electron chi connectivity index (χ2n) is 4.62. The van der Waals surface area contributed by atoms with E-state index in [-0.39, 0.29) is 16.8 Å². The normalized spacial score (nSPS) is 15.7. The second kappa shape index (κ2) is 6.67. The summed E-state index contributed by atoms with van der Waals surface area (Å²) in [5, 5.41) is 2.89. The van der Waals surface area contributed by atoms with Crippen LogP contribution in [0, 0.1) is 5.92 Å². The molecular formula is C14H18N2O3S. The van der Waals surface area contributed by atoms with E-state index in [4.69, 9.17) is 27.4 Å². The molecule has 0 atom stereocenters. The summed E-state index contributed by atoms with van der Waals surface area (Å²) in [4.78, 5) is 12.5. The summed E-state index contributed by atoms with van der Waals surface area (Å²) in [5.74, 6) is 0.457. The molecule has 1 fully saturated rings. The van der Waals surface area contributed by atoms with Crippen molar-refractivity contribution in [3.8, 4) is 5.75 Å². The van der Waals surface area contributed by atoms with Crippen molar-refractivity contribution in [3.05, 3.63) is 23.8 Å². The fourth-order valence-electron chi connectivity index (χ4n) is 2.22. The van der Waals surface area contributed by atoms with Crippen molar-refractivity contribution in [1.29, 1.82) is 0 Å². The number of amides is 1. The van der Waals surface area contributed by atoms with Gasteiger partial charge in [-0.15, -0.1) is 0 Å². The van der Waals surface area contributed by atoms with Crippen molar-refractivity contribution in [3.63, 3.8) is 0 Å². The van der Waals surface area contributed by atoms with Gasteiger partial charge in [-0.05, 0) is 25.0 Å². The molecule has 1 aliphatic heterocycles. The number of benzene rings is 1. The van der Waals surface area contributed by atoms with Crippen LogP contribution < -0.4 is 15.8 Å². The highest BCUT2D eigenvalue weighted by atomic mass is 32.1. The summed E-state index contributed by atoms with van der Waals surface area (Å²) in [7, 11) is 1.54. The lowest BCUT2D eigenvalue weighted by Crippen LogP contribution is -2.29. The van der Waals surface area contributed by atoms with Gasteiger partial charge in [0.25, 0.3) is 0 Å². The third-order valence-electron chi connectivity index (χ3n) is 3.35. The van der Waals surface area contributed by atoms with Gasteiger partial charge in [-0.25, -0.2) is 0 Å². The number of carbonyl (C=O) groups excluding carboxylic acids is 1. The van der Waals surface area contributed by atoms with Gasteiger partial charge in [0.05, 0.1) is 12.8 Å². The van der Waals surface area contributed by atoms with Crippen molar-refractivity contribution in [2.45, 2.75) is 12.8 Å². The first-order valence-electron chi connectivity index (χ1n) is 6.49. The van der Waals surface area contributed by atoms with Gasteiger partial charge >= 0.3 is 0 Å². The molecule has 6 heteroatoms. The molecule has 0 aliphatic carbocycles. The molecule has 1 saturated heterocycles. The van der Waals surface area contributed by atoms with Crippen LogP contribution in [0.3, 0.4) is 0 Å². The Labute approximate surface area is 123 Å². The average molecular weight is 294 g/mol. The van der Waals surface area contributed by atoms with E-state index in [1.807, 2.05) is 0 Å². The molecule has 108 valence electrons. The van der Waals surface area contributed by atoms with Crippen molar-refractivity contribution in [2.24, 2.45) is 11.7 Å². The third kappa shape index (κ3) is 3.26. The van der Waals surface area contributed by atoms with Crippen molar-refractivity contribution in [1.82, 2.24) is 0 Å². The Hall–Kier alpha value is -1.66. The molecule has 1 heterocycles. The number of nitrogens with two attached hydrogens (primary N) is 1. The number of thiocarbonyl (C=S) groups is 1. The first-order valence-corrected chi connectivity index (χ1v) is 6.89. The number of hydrogen-bond donors (Lipinski definition) is 2. The number of ether oxygens (including phenoxy) is 2. The molecule has 0 unspecified atom stereocenters. The highest BCUT2D eigenvalue weighted by Gasteiger charge is 2.23. The third-order valence-corrected chi connectivity index (χ3v) is 3.57. The number of carbonyl (C=O) groups is 1. The first-order chi connectivity index (χ1) is 9.63. The highest BCUT2D eigenvalue weighted by Crippen LogP contribution is 2.29. The van der Waals surface area contributed by atoms with Crippen molar-refractivity contribution in [2.75, 3.05) is 25.6 Å². The molecule has 0 spiro atoms. The summed E-state index contributed by atoms with van der Waals surface area (Å²) >= 11 is 5.02. The zero-order chi connectivity index (χ0) is 14.5. The minimum Gasteiger partial charge on any atom is -0.495 e. The SMILES string of the molecule is COc1cccc(C(N)=S)c1NC(=O)C1CCOCC1. The van der Waals surface area contributed by atoms with Gasteiger partial charge in [-0.3, -0.25) is 4.79 Å². The Morgan fingerprint density at radius 2 is 2.15 bits per heavy atom. The van der Waals surface area contributed by atoms with Gasteiger partial charge in [0.15, 0.2) is 0 Å². The minimum absolute atomic E-state index is 0.0460. The van der Waals surface area contributed by atoms with E-state index in [1.54, 1.807) is 25.3 Å². The molecule has 20 heavy (non-hydrogen) atoms. The van der Waals surface area contributed by atoms with E-state index >= 15 is 0 Å². The standard InChI is InChI=1S/C14H18N2O3S/c1-18-11-4-2-3-10(13(15)20)12(11)16-14(17)9-5-7-19-8-6-9/h2-4,9H,5-8H2,1H3,(H2,15,20)(H,16,17). The lowest BCUT2D eigenvalue weighted by Gasteiger charge is -2.22. The highest BCUT2D eigenvalue weighted by molar-refractivity contribution is 7.80. The lowest BCUT2D eigenvalue weighted by atomic mass is 9.99. The number of anilines is 1. The molecule has 0 saturated carbocycles. The Balaban J connectivity index is 2.22. The number of methoxy groups -OCH3 is 1. The zero-order valence-corrected chi connectivity index (χ0v) is 12.2. The van der Waals surface area contributed by atoms with Crippen LogP contribution in [-0.4, -0.2) is 31.2 Å². The summed E-state index contributed by atoms with van der Waals surface area (Å²) in [6, 6.07) is 5.32. The smallest absolute Gasteiger partial charge is 0.227 e. The van der Waals surface area contributed by atoms with Crippen LogP contribution in [0.25, 0.3) is 0 Å². The molecule has 0 aromatic heterocycles. The van der Waals surface area contributed by atoms with E-state index in [9.17, 15) is 4.79 Å². The molecule has 2 rings (SSSR count). The predicted molar refractivity (Wildman–Crippen MR) is 81.1 cm³/mol. The predicted octanol–water partition coefficient (Wildman–Crippen LogP) is 1.69. The summed E-state index contributed by atoms with van der Waals surface area (Å²) in [6.07, 6.45) is 1.45. The van der Waals surface area contributed by atoms with Gasteiger partial charge in [-0.1, -0.05) is 18.3 Å². The van der Waals surface area contributed by atoms with Crippen LogP contribution in [0.1, 0.15) is 18.4 Å². The average Bonchev–Trinajstić information content (AvgIpc) is 2.48. The maximum absolute atomic E-state index is 12.3. The number of hydrogen-bond acceptors (Lipinski definition) is 4. The molecule has 1 aromatic carbocycles. The number of rotatable bonds is 4. The Kier molecular flexibility index (Phi) is 4.92. The Bertz CT molecular complexity index is 513. The van der Waals surface area contributed by atoms with E-state index in [1.165, 1.54) is 0 Å². The minimum atomic E-state index is -0.0483. The molecule has 1 amide bonds. The summed E-state index contributed by atoms with van der Waals surface area (Å²) in [5.41, 5.74) is 6.85. The van der Waals surface area contributed by atoms with Gasteiger partial charge in [-0.2, -0.15) is 0 Å². The molecule has 0 radical (unpaired) electrons. The molecule has 1 aliphatic rings. The lowest BCUT2D eigenvalue weighted by molar-refractivity contribution is -0.122. The molecule has 1 aromatic rings. The van der Waals surface area contributed by atoms with E-state index < -0.39 is 0 Å². The largest absolute Gasteiger partial charge is 0.495 e. The molecule has 5 nitrogen and oxygen atoms in total. The van der Waals surface area contributed by atoms with Gasteiger partial charge in [0, 0.05) is 24.7 Å². The maximum atomic E-state index is 12.3. The second-order valence-corrected chi connectivity index (χ2v) is 5.06. The quantitative estimate of drug-likeness (QED) is 0.827. The van der Waals surface area contributed by atoms with Crippen LogP contribution in [0.4, 0.5) is 5.69 Å². The maximum Gasteiger partial charge on any atom is 0.227 e. The topological polar surface area (TPSA) is 73.6 Å². The number of para-hydroxylation sites is 1. The first kappa shape index (κ1) is 14.7. The number of nitrogens with one attached hydrogen (secondary N) is 1. The van der Waals surface area contributed by atoms with Crippen LogP contribution in [0.15, 0.2) is 18.2 Å². The van der Waals surface area contributed by atoms with E-state index in [0.717, 1.165) is 12.8 Å². The van der Waals surface area contributed by atoms with Crippen molar-refractivity contribution < 1.29 is 14.3 Å². The van der Waals surface area contributed by atoms with Gasteiger partial charge in [0.1, 0.15) is 10.7 Å². The molecular weight excluding hydrogens is 276 g/mol. The van der Waals surface area contributed by atoms with E-state index in [2.05, 4.69) is 5.32 Å². The zero-order valence-electron chi connectivity index (χ0n) is 11.3. The molecule has 0 bridgehead atoms. The van der Waals surface area contributed by atoms with E-state index in [0.29, 0.717) is 30.2 Å². The van der Waals surface area contributed by atoms with Crippen LogP contribution in [0.2, 0.25) is 0 Å². The summed E-state index contributed by atoms with van der Waals surface area (Å²) in [6.45, 7) is 1.23. The molecule has 3 N–H and O–H groups in total. The van der Waals surface area contributed by atoms with Crippen LogP contribution in [-0.2, 0) is 9.53 Å². The summed E-state index contributed by atoms with van der Waals surface area (Å²) < 4.78 is 10.5. The fourth-order valence-corrected chi connectivity index (χ4v) is 2.39. The fraction of sp³-hybridized carbons (Fsp3) is 0.429. The monoisotopic (exact) mass is 294 g/mol.